The van der Waals surface area contributed by atoms with E-state index in [9.17, 15) is 4.21 Å². The maximum Gasteiger partial charge on any atom is 0.228 e. The summed E-state index contributed by atoms with van der Waals surface area (Å²) in [6.07, 6.45) is 0. The van der Waals surface area contributed by atoms with Crippen LogP contribution in [-0.2, 0) is 10.8 Å². The molecule has 0 radical (unpaired) electrons. The fraction of sp³-hybridized carbons (Fsp3) is 0.571. The number of anilines is 2. The van der Waals surface area contributed by atoms with Crippen LogP contribution in [0.1, 0.15) is 6.92 Å². The number of nitrogen functional groups attached to an aromatic ring is 1. The summed E-state index contributed by atoms with van der Waals surface area (Å²) in [5.74, 6) is 1.55. The summed E-state index contributed by atoms with van der Waals surface area (Å²) in [5.41, 5.74) is 5.37. The zero-order valence-electron chi connectivity index (χ0n) is 8.23. The molecule has 0 aliphatic heterocycles. The van der Waals surface area contributed by atoms with Gasteiger partial charge in [-0.2, -0.15) is 15.0 Å². The number of nitrogens with zero attached hydrogens (tertiary/aromatic N) is 3. The minimum absolute atomic E-state index is 0.0432. The summed E-state index contributed by atoms with van der Waals surface area (Å²) in [7, 11) is -0.809. The molecule has 0 saturated carbocycles. The topological polar surface area (TPSA) is 93.8 Å². The standard InChI is InChI=1S/C7H12ClN5OS/c1-2-15(14)4-3-10-7-12-5(8)11-6(9)13-7/h2-4H2,1H3,(H3,9,10,11,12,13). The van der Waals surface area contributed by atoms with Crippen molar-refractivity contribution in [2.45, 2.75) is 6.92 Å². The summed E-state index contributed by atoms with van der Waals surface area (Å²) in [4.78, 5) is 11.2. The van der Waals surface area contributed by atoms with E-state index in [2.05, 4.69) is 20.3 Å². The Hall–Kier alpha value is -0.950. The monoisotopic (exact) mass is 249 g/mol. The Balaban J connectivity index is 2.47. The van der Waals surface area contributed by atoms with Gasteiger partial charge in [-0.25, -0.2) is 0 Å². The number of nitrogens with two attached hydrogens (primary N) is 1. The number of hydrogen-bond donors (Lipinski definition) is 2. The molecule has 0 amide bonds. The molecule has 0 aliphatic carbocycles. The van der Waals surface area contributed by atoms with Gasteiger partial charge in [-0.15, -0.1) is 0 Å². The lowest BCUT2D eigenvalue weighted by atomic mass is 10.7. The Kier molecular flexibility index (Phi) is 4.70. The van der Waals surface area contributed by atoms with Gasteiger partial charge in [0, 0.05) is 28.9 Å². The minimum Gasteiger partial charge on any atom is -0.368 e. The first-order valence-electron chi connectivity index (χ1n) is 4.37. The van der Waals surface area contributed by atoms with Crippen LogP contribution in [0.15, 0.2) is 0 Å². The van der Waals surface area contributed by atoms with Crippen molar-refractivity contribution in [1.82, 2.24) is 15.0 Å². The Bertz CT molecular complexity index is 341. The maximum absolute atomic E-state index is 11.1. The predicted molar refractivity (Wildman–Crippen MR) is 61.3 cm³/mol. The molecule has 1 unspecified atom stereocenters. The van der Waals surface area contributed by atoms with Crippen LogP contribution in [0.5, 0.6) is 0 Å². The average molecular weight is 250 g/mol. The van der Waals surface area contributed by atoms with Crippen molar-refractivity contribution in [1.29, 1.82) is 0 Å². The van der Waals surface area contributed by atoms with Crippen molar-refractivity contribution >= 4 is 34.3 Å². The van der Waals surface area contributed by atoms with Crippen molar-refractivity contribution in [3.63, 3.8) is 0 Å². The zero-order chi connectivity index (χ0) is 11.3. The fourth-order valence-corrected chi connectivity index (χ4v) is 1.65. The van der Waals surface area contributed by atoms with E-state index in [0.717, 1.165) is 0 Å². The molecular weight excluding hydrogens is 238 g/mol. The van der Waals surface area contributed by atoms with Gasteiger partial charge >= 0.3 is 0 Å². The number of aromatic nitrogens is 3. The third-order valence-corrected chi connectivity index (χ3v) is 3.03. The highest BCUT2D eigenvalue weighted by Gasteiger charge is 2.02. The van der Waals surface area contributed by atoms with Gasteiger partial charge in [-0.1, -0.05) is 6.92 Å². The second-order valence-corrected chi connectivity index (χ2v) is 4.85. The number of nitrogens with one attached hydrogen (secondary N) is 1. The van der Waals surface area contributed by atoms with E-state index in [1.165, 1.54) is 0 Å². The molecule has 6 nitrogen and oxygen atoms in total. The van der Waals surface area contributed by atoms with Gasteiger partial charge in [0.15, 0.2) is 0 Å². The summed E-state index contributed by atoms with van der Waals surface area (Å²) in [6.45, 7) is 2.38. The van der Waals surface area contributed by atoms with Gasteiger partial charge in [0.1, 0.15) is 0 Å². The molecule has 84 valence electrons. The molecule has 0 saturated heterocycles. The van der Waals surface area contributed by atoms with Gasteiger partial charge in [-0.3, -0.25) is 4.21 Å². The lowest BCUT2D eigenvalue weighted by Gasteiger charge is -2.04. The molecule has 0 bridgehead atoms. The molecule has 1 aromatic heterocycles. The molecule has 0 aliphatic rings. The molecule has 0 aromatic carbocycles. The van der Waals surface area contributed by atoms with Gasteiger partial charge in [-0.05, 0) is 11.6 Å². The van der Waals surface area contributed by atoms with E-state index in [1.807, 2.05) is 6.92 Å². The summed E-state index contributed by atoms with van der Waals surface area (Å²) < 4.78 is 11.1. The van der Waals surface area contributed by atoms with Crippen molar-refractivity contribution in [2.24, 2.45) is 0 Å². The first-order valence-corrected chi connectivity index (χ1v) is 6.24. The van der Waals surface area contributed by atoms with Crippen molar-refractivity contribution in [3.8, 4) is 0 Å². The molecule has 1 rings (SSSR count). The predicted octanol–water partition coefficient (Wildman–Crippen LogP) is 0.288. The summed E-state index contributed by atoms with van der Waals surface area (Å²) in [5, 5.41) is 2.91. The highest BCUT2D eigenvalue weighted by molar-refractivity contribution is 7.84. The van der Waals surface area contributed by atoms with Crippen LogP contribution >= 0.6 is 11.6 Å². The van der Waals surface area contributed by atoms with Crippen LogP contribution in [0.3, 0.4) is 0 Å². The Labute approximate surface area is 95.1 Å². The molecule has 1 heterocycles. The second kappa shape index (κ2) is 5.82. The molecule has 15 heavy (non-hydrogen) atoms. The van der Waals surface area contributed by atoms with Crippen molar-refractivity contribution in [3.05, 3.63) is 5.28 Å². The first-order chi connectivity index (χ1) is 7.11. The third-order valence-electron chi connectivity index (χ3n) is 1.56. The third kappa shape index (κ3) is 4.39. The number of rotatable bonds is 5. The lowest BCUT2D eigenvalue weighted by molar-refractivity contribution is 0.684. The van der Waals surface area contributed by atoms with E-state index in [0.29, 0.717) is 24.0 Å². The van der Waals surface area contributed by atoms with E-state index >= 15 is 0 Å². The zero-order valence-corrected chi connectivity index (χ0v) is 9.81. The Morgan fingerprint density at radius 3 is 2.80 bits per heavy atom. The minimum atomic E-state index is -0.809. The Morgan fingerprint density at radius 2 is 2.20 bits per heavy atom. The largest absolute Gasteiger partial charge is 0.368 e. The Morgan fingerprint density at radius 1 is 1.47 bits per heavy atom. The highest BCUT2D eigenvalue weighted by Crippen LogP contribution is 2.06. The number of hydrogen-bond acceptors (Lipinski definition) is 6. The van der Waals surface area contributed by atoms with Gasteiger partial charge in [0.25, 0.3) is 0 Å². The quantitative estimate of drug-likeness (QED) is 0.779. The van der Waals surface area contributed by atoms with E-state index in [-0.39, 0.29) is 11.2 Å². The second-order valence-electron chi connectivity index (χ2n) is 2.65. The molecule has 1 atom stereocenters. The normalized spacial score (nSPS) is 12.4. The first kappa shape index (κ1) is 12.1. The lowest BCUT2D eigenvalue weighted by Crippen LogP contribution is -2.14. The SMILES string of the molecule is CCS(=O)CCNc1nc(N)nc(Cl)n1. The molecule has 3 N–H and O–H groups in total. The van der Waals surface area contributed by atoms with Crippen LogP contribution < -0.4 is 11.1 Å². The average Bonchev–Trinajstić information content (AvgIpc) is 2.16. The van der Waals surface area contributed by atoms with E-state index in [4.69, 9.17) is 17.3 Å². The molecule has 1 aromatic rings. The van der Waals surface area contributed by atoms with Crippen LogP contribution in [-0.4, -0.2) is 37.2 Å². The van der Waals surface area contributed by atoms with Crippen LogP contribution in [0.2, 0.25) is 5.28 Å². The summed E-state index contributed by atoms with van der Waals surface area (Å²) >= 11 is 5.58. The summed E-state index contributed by atoms with van der Waals surface area (Å²) in [6, 6.07) is 0. The van der Waals surface area contributed by atoms with Crippen molar-refractivity contribution < 1.29 is 4.21 Å². The molecular formula is C7H12ClN5OS. The molecule has 8 heteroatoms. The van der Waals surface area contributed by atoms with Crippen LogP contribution in [0.25, 0.3) is 0 Å². The van der Waals surface area contributed by atoms with Gasteiger partial charge in [0.05, 0.1) is 0 Å². The van der Waals surface area contributed by atoms with Crippen LogP contribution in [0, 0.1) is 0 Å². The van der Waals surface area contributed by atoms with E-state index in [1.54, 1.807) is 0 Å². The number of halogens is 1. The van der Waals surface area contributed by atoms with Gasteiger partial charge in [0.2, 0.25) is 17.2 Å². The van der Waals surface area contributed by atoms with Gasteiger partial charge < -0.3 is 11.1 Å². The molecule has 0 fully saturated rings. The van der Waals surface area contributed by atoms with Crippen molar-refractivity contribution in [2.75, 3.05) is 29.1 Å². The molecule has 0 spiro atoms. The van der Waals surface area contributed by atoms with E-state index < -0.39 is 10.8 Å². The highest BCUT2D eigenvalue weighted by atomic mass is 35.5. The van der Waals surface area contributed by atoms with Crippen LogP contribution in [0.4, 0.5) is 11.9 Å². The fourth-order valence-electron chi connectivity index (χ4n) is 0.865. The smallest absolute Gasteiger partial charge is 0.228 e. The maximum atomic E-state index is 11.1.